The standard InChI is InChI=1S/C14H13N3O3/c1-17-7-6-10(8-12(17)18)14(20)16-11-4-2-9(3-5-11)13(15)19/h2-8H,1H3,(H2,15,19)(H,16,20). The van der Waals surface area contributed by atoms with Crippen LogP contribution in [0, 0.1) is 0 Å². The Balaban J connectivity index is 2.16. The molecule has 0 saturated heterocycles. The van der Waals surface area contributed by atoms with E-state index < -0.39 is 11.8 Å². The third-order valence-electron chi connectivity index (χ3n) is 2.79. The smallest absolute Gasteiger partial charge is 0.255 e. The molecule has 2 amide bonds. The Morgan fingerprint density at radius 2 is 1.75 bits per heavy atom. The fourth-order valence-corrected chi connectivity index (χ4v) is 1.61. The molecule has 0 bridgehead atoms. The first-order chi connectivity index (χ1) is 9.47. The number of amides is 2. The zero-order chi connectivity index (χ0) is 14.7. The highest BCUT2D eigenvalue weighted by molar-refractivity contribution is 6.04. The van der Waals surface area contributed by atoms with Crippen LogP contribution in [0.25, 0.3) is 0 Å². The SMILES string of the molecule is Cn1ccc(C(=O)Nc2ccc(C(N)=O)cc2)cc1=O. The maximum atomic E-state index is 11.9. The van der Waals surface area contributed by atoms with E-state index in [9.17, 15) is 14.4 Å². The number of primary amides is 1. The predicted molar refractivity (Wildman–Crippen MR) is 74.6 cm³/mol. The van der Waals surface area contributed by atoms with Gasteiger partial charge < -0.3 is 15.6 Å². The molecule has 2 rings (SSSR count). The molecule has 0 unspecified atom stereocenters. The van der Waals surface area contributed by atoms with Crippen LogP contribution in [0.5, 0.6) is 0 Å². The molecule has 1 aromatic carbocycles. The largest absolute Gasteiger partial charge is 0.366 e. The van der Waals surface area contributed by atoms with Crippen molar-refractivity contribution in [3.05, 3.63) is 64.1 Å². The third kappa shape index (κ3) is 2.92. The van der Waals surface area contributed by atoms with E-state index in [2.05, 4.69) is 5.32 Å². The van der Waals surface area contributed by atoms with Crippen molar-refractivity contribution in [3.8, 4) is 0 Å². The summed E-state index contributed by atoms with van der Waals surface area (Å²) in [5, 5.41) is 2.63. The average molecular weight is 271 g/mol. The highest BCUT2D eigenvalue weighted by Crippen LogP contribution is 2.10. The Morgan fingerprint density at radius 1 is 1.10 bits per heavy atom. The lowest BCUT2D eigenvalue weighted by molar-refractivity contribution is 0.0998. The monoisotopic (exact) mass is 271 g/mol. The molecule has 0 aliphatic rings. The number of nitrogens with zero attached hydrogens (tertiary/aromatic N) is 1. The number of carbonyl (C=O) groups excluding carboxylic acids is 2. The molecule has 20 heavy (non-hydrogen) atoms. The predicted octanol–water partition coefficient (Wildman–Crippen LogP) is 0.737. The number of benzene rings is 1. The lowest BCUT2D eigenvalue weighted by atomic mass is 10.2. The van der Waals surface area contributed by atoms with Crippen LogP contribution in [-0.2, 0) is 7.05 Å². The first-order valence-corrected chi connectivity index (χ1v) is 5.85. The quantitative estimate of drug-likeness (QED) is 0.861. The average Bonchev–Trinajstić information content (AvgIpc) is 2.42. The Bertz CT molecular complexity index is 717. The molecule has 1 heterocycles. The molecule has 102 valence electrons. The van der Waals surface area contributed by atoms with E-state index >= 15 is 0 Å². The van der Waals surface area contributed by atoms with Gasteiger partial charge in [0.1, 0.15) is 0 Å². The fraction of sp³-hybridized carbons (Fsp3) is 0.0714. The van der Waals surface area contributed by atoms with Crippen molar-refractivity contribution in [1.29, 1.82) is 0 Å². The number of aryl methyl sites for hydroxylation is 1. The Labute approximate surface area is 114 Å². The van der Waals surface area contributed by atoms with Crippen LogP contribution in [-0.4, -0.2) is 16.4 Å². The van der Waals surface area contributed by atoms with E-state index in [1.165, 1.54) is 29.0 Å². The molecule has 0 fully saturated rings. The summed E-state index contributed by atoms with van der Waals surface area (Å²) in [6, 6.07) is 8.98. The van der Waals surface area contributed by atoms with Gasteiger partial charge in [0.05, 0.1) is 0 Å². The second-order valence-corrected chi connectivity index (χ2v) is 4.26. The lowest BCUT2D eigenvalue weighted by Crippen LogP contribution is -2.20. The summed E-state index contributed by atoms with van der Waals surface area (Å²) in [5.74, 6) is -0.927. The molecule has 0 spiro atoms. The van der Waals surface area contributed by atoms with E-state index in [1.807, 2.05) is 0 Å². The molecule has 6 nitrogen and oxygen atoms in total. The molecule has 6 heteroatoms. The number of aromatic nitrogens is 1. The second-order valence-electron chi connectivity index (χ2n) is 4.26. The summed E-state index contributed by atoms with van der Waals surface area (Å²) >= 11 is 0. The zero-order valence-electron chi connectivity index (χ0n) is 10.8. The molecule has 0 aliphatic heterocycles. The van der Waals surface area contributed by atoms with Crippen molar-refractivity contribution in [1.82, 2.24) is 4.57 Å². The minimum atomic E-state index is -0.533. The van der Waals surface area contributed by atoms with Crippen LogP contribution in [0.15, 0.2) is 47.4 Å². The number of rotatable bonds is 3. The van der Waals surface area contributed by atoms with Crippen molar-refractivity contribution < 1.29 is 9.59 Å². The van der Waals surface area contributed by atoms with Crippen molar-refractivity contribution in [2.24, 2.45) is 12.8 Å². The molecular weight excluding hydrogens is 258 g/mol. The van der Waals surface area contributed by atoms with Crippen molar-refractivity contribution in [3.63, 3.8) is 0 Å². The van der Waals surface area contributed by atoms with Gasteiger partial charge in [-0.15, -0.1) is 0 Å². The molecule has 1 aromatic heterocycles. The molecule has 0 aliphatic carbocycles. The number of nitrogens with one attached hydrogen (secondary N) is 1. The van der Waals surface area contributed by atoms with E-state index in [4.69, 9.17) is 5.73 Å². The van der Waals surface area contributed by atoms with Crippen LogP contribution in [0.3, 0.4) is 0 Å². The highest BCUT2D eigenvalue weighted by Gasteiger charge is 2.07. The van der Waals surface area contributed by atoms with E-state index in [0.29, 0.717) is 11.3 Å². The lowest BCUT2D eigenvalue weighted by Gasteiger charge is -2.06. The number of carbonyl (C=O) groups is 2. The Morgan fingerprint density at radius 3 is 2.30 bits per heavy atom. The Kier molecular flexibility index (Phi) is 3.65. The number of nitrogens with two attached hydrogens (primary N) is 1. The second kappa shape index (κ2) is 5.40. The van der Waals surface area contributed by atoms with E-state index in [-0.39, 0.29) is 11.1 Å². The molecule has 0 saturated carbocycles. The zero-order valence-corrected chi connectivity index (χ0v) is 10.8. The number of anilines is 1. The summed E-state index contributed by atoms with van der Waals surface area (Å²) in [5.41, 5.74) is 6.00. The Hall–Kier alpha value is -2.89. The van der Waals surface area contributed by atoms with Gasteiger partial charge in [0.25, 0.3) is 11.5 Å². The summed E-state index contributed by atoms with van der Waals surface area (Å²) in [6.07, 6.45) is 1.52. The van der Waals surface area contributed by atoms with Gasteiger partial charge in [-0.1, -0.05) is 0 Å². The van der Waals surface area contributed by atoms with Gasteiger partial charge in [-0.05, 0) is 30.3 Å². The van der Waals surface area contributed by atoms with Gasteiger partial charge >= 0.3 is 0 Å². The summed E-state index contributed by atoms with van der Waals surface area (Å²) < 4.78 is 1.37. The first-order valence-electron chi connectivity index (χ1n) is 5.85. The summed E-state index contributed by atoms with van der Waals surface area (Å²) in [6.45, 7) is 0. The highest BCUT2D eigenvalue weighted by atomic mass is 16.2. The number of hydrogen-bond acceptors (Lipinski definition) is 3. The van der Waals surface area contributed by atoms with Crippen LogP contribution in [0.2, 0.25) is 0 Å². The topological polar surface area (TPSA) is 94.2 Å². The van der Waals surface area contributed by atoms with Crippen LogP contribution in [0.1, 0.15) is 20.7 Å². The molecule has 0 radical (unpaired) electrons. The van der Waals surface area contributed by atoms with E-state index in [0.717, 1.165) is 0 Å². The number of hydrogen-bond donors (Lipinski definition) is 2. The van der Waals surface area contributed by atoms with Crippen LogP contribution >= 0.6 is 0 Å². The van der Waals surface area contributed by atoms with Gasteiger partial charge in [0, 0.05) is 36.1 Å². The molecule has 2 aromatic rings. The molecule has 0 atom stereocenters. The maximum Gasteiger partial charge on any atom is 0.255 e. The van der Waals surface area contributed by atoms with Crippen LogP contribution in [0.4, 0.5) is 5.69 Å². The molecular formula is C14H13N3O3. The minimum Gasteiger partial charge on any atom is -0.366 e. The van der Waals surface area contributed by atoms with E-state index in [1.54, 1.807) is 25.2 Å². The van der Waals surface area contributed by atoms with Crippen molar-refractivity contribution in [2.75, 3.05) is 5.32 Å². The summed E-state index contributed by atoms with van der Waals surface area (Å²) in [4.78, 5) is 34.3. The third-order valence-corrected chi connectivity index (χ3v) is 2.79. The summed E-state index contributed by atoms with van der Waals surface area (Å²) in [7, 11) is 1.60. The maximum absolute atomic E-state index is 11.9. The van der Waals surface area contributed by atoms with Gasteiger partial charge in [-0.2, -0.15) is 0 Å². The first kappa shape index (κ1) is 13.5. The number of pyridine rings is 1. The van der Waals surface area contributed by atoms with Gasteiger partial charge in [-0.25, -0.2) is 0 Å². The minimum absolute atomic E-state index is 0.262. The van der Waals surface area contributed by atoms with Crippen molar-refractivity contribution in [2.45, 2.75) is 0 Å². The van der Waals surface area contributed by atoms with Gasteiger partial charge in [-0.3, -0.25) is 14.4 Å². The normalized spacial score (nSPS) is 10.1. The van der Waals surface area contributed by atoms with Crippen LogP contribution < -0.4 is 16.6 Å². The fourth-order valence-electron chi connectivity index (χ4n) is 1.61. The molecule has 3 N–H and O–H groups in total. The van der Waals surface area contributed by atoms with Gasteiger partial charge in [0.15, 0.2) is 0 Å². The van der Waals surface area contributed by atoms with Crippen molar-refractivity contribution >= 4 is 17.5 Å². The van der Waals surface area contributed by atoms with Gasteiger partial charge in [0.2, 0.25) is 5.91 Å².